The number of rotatable bonds is 6. The first-order valence-electron chi connectivity index (χ1n) is 6.64. The number of carbonyl (C=O) groups excluding carboxylic acids is 2. The van der Waals surface area contributed by atoms with Crippen LogP contribution in [-0.4, -0.2) is 16.6 Å². The first-order chi connectivity index (χ1) is 9.95. The summed E-state index contributed by atoms with van der Waals surface area (Å²) in [5.74, 6) is 0.179. The molecule has 21 heavy (non-hydrogen) atoms. The number of benzene rings is 1. The summed E-state index contributed by atoms with van der Waals surface area (Å²) in [4.78, 5) is 28.3. The van der Waals surface area contributed by atoms with Crippen LogP contribution < -0.4 is 0 Å². The van der Waals surface area contributed by atoms with Crippen LogP contribution in [-0.2, 0) is 28.9 Å². The van der Waals surface area contributed by atoms with E-state index in [1.54, 1.807) is 12.3 Å². The van der Waals surface area contributed by atoms with Crippen LogP contribution in [0.25, 0.3) is 0 Å². The van der Waals surface area contributed by atoms with Crippen LogP contribution in [0.3, 0.4) is 0 Å². The topological polar surface area (TPSA) is 47.0 Å². The highest BCUT2D eigenvalue weighted by molar-refractivity contribution is 7.11. The van der Waals surface area contributed by atoms with Crippen molar-refractivity contribution in [2.75, 3.05) is 0 Å². The second kappa shape index (κ2) is 6.96. The van der Waals surface area contributed by atoms with Gasteiger partial charge in [0.05, 0.1) is 6.42 Å². The minimum absolute atomic E-state index is 0.0777. The standard InChI is InChI=1S/C16H16ClNO2S/c1-10-4-3-5-15(17)14(10)8-12(20)7-13-9-18-16(21-13)6-11(2)19/h3-5,9H,6-8H2,1-2H3. The number of Topliss-reactive ketones (excluding diaryl/α,β-unsaturated/α-hetero) is 2. The van der Waals surface area contributed by atoms with Crippen molar-refractivity contribution in [1.29, 1.82) is 0 Å². The summed E-state index contributed by atoms with van der Waals surface area (Å²) in [6.07, 6.45) is 2.68. The first kappa shape index (κ1) is 15.9. The van der Waals surface area contributed by atoms with E-state index in [1.807, 2.05) is 19.1 Å². The number of thiazole rings is 1. The van der Waals surface area contributed by atoms with Crippen LogP contribution >= 0.6 is 22.9 Å². The fraction of sp³-hybridized carbons (Fsp3) is 0.312. The van der Waals surface area contributed by atoms with Gasteiger partial charge in [0.2, 0.25) is 0 Å². The molecule has 0 saturated heterocycles. The van der Waals surface area contributed by atoms with Crippen molar-refractivity contribution in [1.82, 2.24) is 4.98 Å². The smallest absolute Gasteiger partial charge is 0.142 e. The van der Waals surface area contributed by atoms with Gasteiger partial charge < -0.3 is 0 Å². The van der Waals surface area contributed by atoms with E-state index in [1.165, 1.54) is 18.3 Å². The molecule has 1 aromatic heterocycles. The van der Waals surface area contributed by atoms with E-state index in [-0.39, 0.29) is 11.6 Å². The Kier molecular flexibility index (Phi) is 5.26. The van der Waals surface area contributed by atoms with Crippen LogP contribution in [0, 0.1) is 6.92 Å². The van der Waals surface area contributed by atoms with Gasteiger partial charge in [-0.05, 0) is 31.0 Å². The molecule has 1 aromatic carbocycles. The molecule has 0 atom stereocenters. The number of halogens is 1. The van der Waals surface area contributed by atoms with E-state index in [0.29, 0.717) is 24.3 Å². The number of hydrogen-bond acceptors (Lipinski definition) is 4. The lowest BCUT2D eigenvalue weighted by Gasteiger charge is -2.06. The van der Waals surface area contributed by atoms with Crippen molar-refractivity contribution in [3.63, 3.8) is 0 Å². The average Bonchev–Trinajstić information content (AvgIpc) is 2.80. The first-order valence-corrected chi connectivity index (χ1v) is 7.84. The van der Waals surface area contributed by atoms with E-state index in [0.717, 1.165) is 21.0 Å². The molecule has 1 heterocycles. The number of hydrogen-bond donors (Lipinski definition) is 0. The minimum Gasteiger partial charge on any atom is -0.300 e. The van der Waals surface area contributed by atoms with E-state index in [9.17, 15) is 9.59 Å². The lowest BCUT2D eigenvalue weighted by atomic mass is 10.0. The molecule has 2 rings (SSSR count). The molecule has 3 nitrogen and oxygen atoms in total. The van der Waals surface area contributed by atoms with Gasteiger partial charge in [0, 0.05) is 28.9 Å². The van der Waals surface area contributed by atoms with Crippen LogP contribution in [0.5, 0.6) is 0 Å². The molecule has 110 valence electrons. The van der Waals surface area contributed by atoms with Gasteiger partial charge in [0.15, 0.2) is 0 Å². The molecule has 0 fully saturated rings. The molecule has 0 aliphatic rings. The van der Waals surface area contributed by atoms with Gasteiger partial charge in [0.1, 0.15) is 16.6 Å². The summed E-state index contributed by atoms with van der Waals surface area (Å²) in [5, 5.41) is 1.39. The highest BCUT2D eigenvalue weighted by Crippen LogP contribution is 2.21. The maximum atomic E-state index is 12.2. The third kappa shape index (κ3) is 4.48. The zero-order valence-electron chi connectivity index (χ0n) is 12.0. The van der Waals surface area contributed by atoms with Crippen LogP contribution in [0.2, 0.25) is 5.02 Å². The number of nitrogens with zero attached hydrogens (tertiary/aromatic N) is 1. The molecule has 0 aliphatic carbocycles. The Labute approximate surface area is 133 Å². The number of aryl methyl sites for hydroxylation is 1. The number of ketones is 2. The number of aromatic nitrogens is 1. The highest BCUT2D eigenvalue weighted by Gasteiger charge is 2.12. The zero-order chi connectivity index (χ0) is 15.4. The van der Waals surface area contributed by atoms with Crippen molar-refractivity contribution in [3.05, 3.63) is 50.4 Å². The third-order valence-electron chi connectivity index (χ3n) is 3.10. The monoisotopic (exact) mass is 321 g/mol. The van der Waals surface area contributed by atoms with E-state index >= 15 is 0 Å². The molecule has 2 aromatic rings. The van der Waals surface area contributed by atoms with Gasteiger partial charge in [-0.1, -0.05) is 23.7 Å². The molecule has 0 unspecified atom stereocenters. The van der Waals surface area contributed by atoms with Gasteiger partial charge >= 0.3 is 0 Å². The van der Waals surface area contributed by atoms with Crippen molar-refractivity contribution < 1.29 is 9.59 Å². The fourth-order valence-electron chi connectivity index (χ4n) is 2.07. The predicted octanol–water partition coefficient (Wildman–Crippen LogP) is 3.59. The summed E-state index contributed by atoms with van der Waals surface area (Å²) >= 11 is 7.56. The highest BCUT2D eigenvalue weighted by atomic mass is 35.5. The predicted molar refractivity (Wildman–Crippen MR) is 85.1 cm³/mol. The Morgan fingerprint density at radius 3 is 2.67 bits per heavy atom. The zero-order valence-corrected chi connectivity index (χ0v) is 13.6. The van der Waals surface area contributed by atoms with Gasteiger partial charge in [-0.2, -0.15) is 0 Å². The van der Waals surface area contributed by atoms with Crippen molar-refractivity contribution in [2.45, 2.75) is 33.1 Å². The lowest BCUT2D eigenvalue weighted by molar-refractivity contribution is -0.118. The van der Waals surface area contributed by atoms with Gasteiger partial charge in [0.25, 0.3) is 0 Å². The molecule has 0 radical (unpaired) electrons. The lowest BCUT2D eigenvalue weighted by Crippen LogP contribution is -2.07. The van der Waals surface area contributed by atoms with Crippen LogP contribution in [0.1, 0.15) is 27.9 Å². The maximum absolute atomic E-state index is 12.2. The summed E-state index contributed by atoms with van der Waals surface area (Å²) in [7, 11) is 0. The Morgan fingerprint density at radius 1 is 1.24 bits per heavy atom. The second-order valence-corrected chi connectivity index (χ2v) is 6.63. The molecular formula is C16H16ClNO2S. The van der Waals surface area contributed by atoms with Crippen molar-refractivity contribution >= 4 is 34.5 Å². The van der Waals surface area contributed by atoms with E-state index < -0.39 is 0 Å². The Bertz CT molecular complexity index is 658. The molecule has 0 aliphatic heterocycles. The van der Waals surface area contributed by atoms with Gasteiger partial charge in [-0.25, -0.2) is 4.98 Å². The number of carbonyl (C=O) groups is 2. The fourth-order valence-corrected chi connectivity index (χ4v) is 3.38. The Morgan fingerprint density at radius 2 is 2.00 bits per heavy atom. The normalized spacial score (nSPS) is 10.6. The molecular weight excluding hydrogens is 306 g/mol. The van der Waals surface area contributed by atoms with E-state index in [2.05, 4.69) is 4.98 Å². The Hall–Kier alpha value is -1.52. The largest absolute Gasteiger partial charge is 0.300 e. The van der Waals surface area contributed by atoms with Gasteiger partial charge in [-0.3, -0.25) is 9.59 Å². The molecule has 0 bridgehead atoms. The van der Waals surface area contributed by atoms with Crippen LogP contribution in [0.15, 0.2) is 24.4 Å². The van der Waals surface area contributed by atoms with Crippen molar-refractivity contribution in [3.8, 4) is 0 Å². The summed E-state index contributed by atoms with van der Waals surface area (Å²) in [5.41, 5.74) is 1.91. The third-order valence-corrected chi connectivity index (χ3v) is 4.45. The Balaban J connectivity index is 2.02. The molecule has 0 spiro atoms. The van der Waals surface area contributed by atoms with Crippen LogP contribution in [0.4, 0.5) is 0 Å². The quantitative estimate of drug-likeness (QED) is 0.817. The van der Waals surface area contributed by atoms with Gasteiger partial charge in [-0.15, -0.1) is 11.3 Å². The summed E-state index contributed by atoms with van der Waals surface area (Å²) in [6, 6.07) is 5.63. The summed E-state index contributed by atoms with van der Waals surface area (Å²) < 4.78 is 0. The molecule has 0 N–H and O–H groups in total. The maximum Gasteiger partial charge on any atom is 0.142 e. The molecule has 0 saturated carbocycles. The minimum atomic E-state index is 0.0777. The summed E-state index contributed by atoms with van der Waals surface area (Å²) in [6.45, 7) is 3.48. The van der Waals surface area contributed by atoms with Crippen molar-refractivity contribution in [2.24, 2.45) is 0 Å². The average molecular weight is 322 g/mol. The second-order valence-electron chi connectivity index (χ2n) is 5.03. The van der Waals surface area contributed by atoms with E-state index in [4.69, 9.17) is 11.6 Å². The molecule has 5 heteroatoms. The molecule has 0 amide bonds. The SMILES string of the molecule is CC(=O)Cc1ncc(CC(=O)Cc2c(C)cccc2Cl)s1.